The van der Waals surface area contributed by atoms with E-state index in [1.54, 1.807) is 14.2 Å². The lowest BCUT2D eigenvalue weighted by atomic mass is 9.83. The van der Waals surface area contributed by atoms with Gasteiger partial charge >= 0.3 is 0 Å². The Balaban J connectivity index is 3.10. The Morgan fingerprint density at radius 3 is 2.56 bits per heavy atom. The highest BCUT2D eigenvalue weighted by atomic mass is 16.5. The molecule has 0 aliphatic heterocycles. The van der Waals surface area contributed by atoms with Crippen LogP contribution in [-0.4, -0.2) is 25.1 Å². The van der Waals surface area contributed by atoms with Gasteiger partial charge in [-0.25, -0.2) is 5.84 Å². The number of ether oxygens (including phenoxy) is 1. The molecule has 0 spiro atoms. The van der Waals surface area contributed by atoms with E-state index in [2.05, 4.69) is 0 Å². The van der Waals surface area contributed by atoms with Gasteiger partial charge in [-0.05, 0) is 31.5 Å². The zero-order valence-electron chi connectivity index (χ0n) is 10.2. The van der Waals surface area contributed by atoms with E-state index in [4.69, 9.17) is 10.6 Å². The fraction of sp³-hybridized carbons (Fsp3) is 0.417. The normalized spacial score (nSPS) is 11.1. The molecule has 0 heterocycles. The monoisotopic (exact) mass is 222 g/mol. The Morgan fingerprint density at radius 2 is 2.06 bits per heavy atom. The highest BCUT2D eigenvalue weighted by molar-refractivity contribution is 5.86. The maximum absolute atomic E-state index is 11.9. The molecule has 0 bridgehead atoms. The molecule has 4 nitrogen and oxygen atoms in total. The molecule has 0 aliphatic carbocycles. The molecule has 4 heteroatoms. The number of nitrogens with two attached hydrogens (primary N) is 1. The molecule has 0 fully saturated rings. The lowest BCUT2D eigenvalue weighted by Crippen LogP contribution is -2.44. The minimum atomic E-state index is -0.655. The molecule has 0 saturated carbocycles. The first-order valence-electron chi connectivity index (χ1n) is 5.07. The number of nitrogens with zero attached hydrogens (tertiary/aromatic N) is 1. The van der Waals surface area contributed by atoms with Gasteiger partial charge in [-0.2, -0.15) is 0 Å². The van der Waals surface area contributed by atoms with E-state index in [1.807, 2.05) is 38.1 Å². The van der Waals surface area contributed by atoms with Crippen LogP contribution < -0.4 is 10.6 Å². The van der Waals surface area contributed by atoms with Gasteiger partial charge in [-0.15, -0.1) is 0 Å². The van der Waals surface area contributed by atoms with Gasteiger partial charge in [0.1, 0.15) is 5.75 Å². The van der Waals surface area contributed by atoms with E-state index in [1.165, 1.54) is 0 Å². The van der Waals surface area contributed by atoms with Gasteiger partial charge in [0, 0.05) is 7.05 Å². The number of benzene rings is 1. The summed E-state index contributed by atoms with van der Waals surface area (Å²) in [6.45, 7) is 3.68. The second kappa shape index (κ2) is 4.53. The third-order valence-corrected chi connectivity index (χ3v) is 2.65. The average molecular weight is 222 g/mol. The van der Waals surface area contributed by atoms with Crippen LogP contribution in [-0.2, 0) is 10.2 Å². The average Bonchev–Trinajstić information content (AvgIpc) is 2.27. The predicted molar refractivity (Wildman–Crippen MR) is 63.0 cm³/mol. The number of carbonyl (C=O) groups excluding carboxylic acids is 1. The van der Waals surface area contributed by atoms with Crippen molar-refractivity contribution in [1.29, 1.82) is 0 Å². The molecule has 0 aliphatic rings. The first-order chi connectivity index (χ1) is 7.39. The molecule has 0 radical (unpaired) electrons. The predicted octanol–water partition coefficient (Wildman–Crippen LogP) is 1.30. The van der Waals surface area contributed by atoms with Gasteiger partial charge in [0.15, 0.2) is 0 Å². The second-order valence-electron chi connectivity index (χ2n) is 4.27. The number of likely N-dealkylation sites (N-methyl/N-ethyl adjacent to an activating group) is 1. The Kier molecular flexibility index (Phi) is 3.55. The van der Waals surface area contributed by atoms with Gasteiger partial charge < -0.3 is 4.74 Å². The molecule has 1 aromatic carbocycles. The molecule has 1 aromatic rings. The van der Waals surface area contributed by atoms with Crippen LogP contribution in [0.25, 0.3) is 0 Å². The number of hydrogen-bond donors (Lipinski definition) is 1. The summed E-state index contributed by atoms with van der Waals surface area (Å²) >= 11 is 0. The van der Waals surface area contributed by atoms with Crippen molar-refractivity contribution >= 4 is 5.91 Å². The number of methoxy groups -OCH3 is 1. The summed E-state index contributed by atoms with van der Waals surface area (Å²) in [4.78, 5) is 11.9. The van der Waals surface area contributed by atoms with Crippen molar-refractivity contribution in [1.82, 2.24) is 5.01 Å². The molecule has 0 aromatic heterocycles. The van der Waals surface area contributed by atoms with Crippen molar-refractivity contribution in [2.24, 2.45) is 5.84 Å². The lowest BCUT2D eigenvalue weighted by Gasteiger charge is -2.27. The van der Waals surface area contributed by atoms with E-state index >= 15 is 0 Å². The largest absolute Gasteiger partial charge is 0.497 e. The van der Waals surface area contributed by atoms with Crippen LogP contribution in [0.1, 0.15) is 19.4 Å². The van der Waals surface area contributed by atoms with Gasteiger partial charge in [-0.1, -0.05) is 12.1 Å². The SMILES string of the molecule is COc1cccc(C(C)(C)C(=O)N(C)N)c1. The summed E-state index contributed by atoms with van der Waals surface area (Å²) in [6, 6.07) is 7.45. The van der Waals surface area contributed by atoms with Crippen LogP contribution in [0.2, 0.25) is 0 Å². The molecule has 0 unspecified atom stereocenters. The Bertz CT molecular complexity index is 386. The zero-order valence-corrected chi connectivity index (χ0v) is 10.2. The number of carbonyl (C=O) groups is 1. The smallest absolute Gasteiger partial charge is 0.246 e. The Hall–Kier alpha value is -1.55. The van der Waals surface area contributed by atoms with Crippen LogP contribution in [0.5, 0.6) is 5.75 Å². The van der Waals surface area contributed by atoms with Crippen molar-refractivity contribution in [2.75, 3.05) is 14.2 Å². The molecule has 16 heavy (non-hydrogen) atoms. The van der Waals surface area contributed by atoms with Gasteiger partial charge in [0.2, 0.25) is 5.91 Å². The van der Waals surface area contributed by atoms with E-state index < -0.39 is 5.41 Å². The minimum absolute atomic E-state index is 0.138. The van der Waals surface area contributed by atoms with Crippen LogP contribution in [0.15, 0.2) is 24.3 Å². The first-order valence-corrected chi connectivity index (χ1v) is 5.07. The van der Waals surface area contributed by atoms with Crippen molar-refractivity contribution in [3.8, 4) is 5.75 Å². The Morgan fingerprint density at radius 1 is 1.44 bits per heavy atom. The zero-order chi connectivity index (χ0) is 12.3. The third-order valence-electron chi connectivity index (χ3n) is 2.65. The molecule has 0 saturated heterocycles. The number of rotatable bonds is 3. The van der Waals surface area contributed by atoms with E-state index in [0.717, 1.165) is 16.3 Å². The quantitative estimate of drug-likeness (QED) is 0.476. The first kappa shape index (κ1) is 12.5. The third kappa shape index (κ3) is 2.33. The fourth-order valence-corrected chi connectivity index (χ4v) is 1.58. The van der Waals surface area contributed by atoms with Crippen LogP contribution >= 0.6 is 0 Å². The molecule has 2 N–H and O–H groups in total. The topological polar surface area (TPSA) is 55.6 Å². The van der Waals surface area contributed by atoms with Crippen molar-refractivity contribution in [2.45, 2.75) is 19.3 Å². The maximum Gasteiger partial charge on any atom is 0.246 e. The molecular weight excluding hydrogens is 204 g/mol. The Labute approximate surface area is 96.0 Å². The number of amides is 1. The summed E-state index contributed by atoms with van der Waals surface area (Å²) in [5.74, 6) is 6.08. The summed E-state index contributed by atoms with van der Waals surface area (Å²) in [5, 5.41) is 1.11. The van der Waals surface area contributed by atoms with Crippen LogP contribution in [0.4, 0.5) is 0 Å². The number of hydrazine groups is 1. The highest BCUT2D eigenvalue weighted by Crippen LogP contribution is 2.27. The van der Waals surface area contributed by atoms with E-state index in [0.29, 0.717) is 0 Å². The van der Waals surface area contributed by atoms with Crippen molar-refractivity contribution < 1.29 is 9.53 Å². The van der Waals surface area contributed by atoms with Gasteiger partial charge in [0.05, 0.1) is 12.5 Å². The standard InChI is InChI=1S/C12H18N2O2/c1-12(2,11(15)14(3)13)9-6-5-7-10(8-9)16-4/h5-8H,13H2,1-4H3. The van der Waals surface area contributed by atoms with Crippen LogP contribution in [0, 0.1) is 0 Å². The van der Waals surface area contributed by atoms with E-state index in [9.17, 15) is 4.79 Å². The molecule has 1 rings (SSSR count). The maximum atomic E-state index is 11.9. The van der Waals surface area contributed by atoms with Crippen molar-refractivity contribution in [3.63, 3.8) is 0 Å². The summed E-state index contributed by atoms with van der Waals surface area (Å²) < 4.78 is 5.13. The number of hydrogen-bond acceptors (Lipinski definition) is 3. The molecule has 88 valence electrons. The highest BCUT2D eigenvalue weighted by Gasteiger charge is 2.31. The van der Waals surface area contributed by atoms with Gasteiger partial charge in [0.25, 0.3) is 0 Å². The van der Waals surface area contributed by atoms with Gasteiger partial charge in [-0.3, -0.25) is 9.80 Å². The molecule has 0 atom stereocenters. The summed E-state index contributed by atoms with van der Waals surface area (Å²) in [7, 11) is 3.15. The second-order valence-corrected chi connectivity index (χ2v) is 4.27. The summed E-state index contributed by atoms with van der Waals surface area (Å²) in [6.07, 6.45) is 0. The molecular formula is C12H18N2O2. The molecule has 1 amide bonds. The minimum Gasteiger partial charge on any atom is -0.497 e. The summed E-state index contributed by atoms with van der Waals surface area (Å²) in [5.41, 5.74) is 0.229. The van der Waals surface area contributed by atoms with E-state index in [-0.39, 0.29) is 5.91 Å². The fourth-order valence-electron chi connectivity index (χ4n) is 1.58. The van der Waals surface area contributed by atoms with Crippen molar-refractivity contribution in [3.05, 3.63) is 29.8 Å². The van der Waals surface area contributed by atoms with Crippen LogP contribution in [0.3, 0.4) is 0 Å². The lowest BCUT2D eigenvalue weighted by molar-refractivity contribution is -0.135.